The molecule has 1 aliphatic rings. The molecule has 1 heterocycles. The van der Waals surface area contributed by atoms with Gasteiger partial charge in [-0.2, -0.15) is 0 Å². The summed E-state index contributed by atoms with van der Waals surface area (Å²) in [5.74, 6) is 0.370. The molecule has 2 unspecified atom stereocenters. The molecule has 1 aliphatic heterocycles. The first-order valence-corrected chi connectivity index (χ1v) is 7.27. The number of amides is 1. The van der Waals surface area contributed by atoms with E-state index in [9.17, 15) is 9.59 Å². The van der Waals surface area contributed by atoms with Crippen molar-refractivity contribution in [1.82, 2.24) is 10.6 Å². The molecule has 0 aromatic rings. The lowest BCUT2D eigenvalue weighted by atomic mass is 10.0. The molecule has 1 amide bonds. The van der Waals surface area contributed by atoms with E-state index in [1.807, 2.05) is 6.92 Å². The fraction of sp³-hybridized carbons (Fsp3) is 0.857. The average molecular weight is 270 g/mol. The Morgan fingerprint density at radius 2 is 2.16 bits per heavy atom. The third-order valence-corrected chi connectivity index (χ3v) is 3.75. The number of carboxylic acids is 1. The first kappa shape index (κ1) is 16.0. The van der Waals surface area contributed by atoms with Crippen molar-refractivity contribution in [3.8, 4) is 0 Å². The van der Waals surface area contributed by atoms with Crippen LogP contribution in [0.1, 0.15) is 45.4 Å². The smallest absolute Gasteiger partial charge is 0.303 e. The van der Waals surface area contributed by atoms with Crippen molar-refractivity contribution in [3.05, 3.63) is 0 Å². The van der Waals surface area contributed by atoms with Crippen LogP contribution in [0, 0.1) is 11.8 Å². The first-order valence-electron chi connectivity index (χ1n) is 7.27. The molecule has 0 radical (unpaired) electrons. The summed E-state index contributed by atoms with van der Waals surface area (Å²) in [6, 6.07) is 0. The molecule has 3 N–H and O–H groups in total. The van der Waals surface area contributed by atoms with Gasteiger partial charge in [0, 0.05) is 19.4 Å². The fourth-order valence-corrected chi connectivity index (χ4v) is 2.36. The Balaban J connectivity index is 1.98. The fourth-order valence-electron chi connectivity index (χ4n) is 2.36. The number of hydrogen-bond acceptors (Lipinski definition) is 3. The molecule has 1 saturated heterocycles. The van der Waals surface area contributed by atoms with Crippen LogP contribution in [0.2, 0.25) is 0 Å². The Hall–Kier alpha value is -1.10. The number of carbonyl (C=O) groups excluding carboxylic acids is 1. The third kappa shape index (κ3) is 7.82. The zero-order valence-corrected chi connectivity index (χ0v) is 11.8. The minimum absolute atomic E-state index is 0.123. The third-order valence-electron chi connectivity index (χ3n) is 3.75. The van der Waals surface area contributed by atoms with Gasteiger partial charge in [0.25, 0.3) is 0 Å². The molecule has 5 nitrogen and oxygen atoms in total. The van der Waals surface area contributed by atoms with Crippen LogP contribution in [0.4, 0.5) is 0 Å². The lowest BCUT2D eigenvalue weighted by Crippen LogP contribution is -2.26. The van der Waals surface area contributed by atoms with Crippen molar-refractivity contribution < 1.29 is 14.7 Å². The predicted octanol–water partition coefficient (Wildman–Crippen LogP) is 1.38. The molecule has 0 aromatic carbocycles. The zero-order valence-electron chi connectivity index (χ0n) is 11.8. The summed E-state index contributed by atoms with van der Waals surface area (Å²) in [5, 5.41) is 14.8. The minimum atomic E-state index is -0.749. The molecule has 0 saturated carbocycles. The van der Waals surface area contributed by atoms with Gasteiger partial charge in [-0.1, -0.05) is 6.92 Å². The van der Waals surface area contributed by atoms with Gasteiger partial charge in [-0.3, -0.25) is 9.59 Å². The second-order valence-electron chi connectivity index (χ2n) is 5.57. The van der Waals surface area contributed by atoms with Gasteiger partial charge in [0.1, 0.15) is 0 Å². The molecular weight excluding hydrogens is 244 g/mol. The van der Waals surface area contributed by atoms with Crippen molar-refractivity contribution >= 4 is 11.9 Å². The van der Waals surface area contributed by atoms with Crippen LogP contribution in [-0.2, 0) is 9.59 Å². The molecule has 19 heavy (non-hydrogen) atoms. The second kappa shape index (κ2) is 8.91. The number of aliphatic carboxylic acids is 1. The maximum Gasteiger partial charge on any atom is 0.303 e. The van der Waals surface area contributed by atoms with Crippen molar-refractivity contribution in [3.63, 3.8) is 0 Å². The van der Waals surface area contributed by atoms with Crippen molar-refractivity contribution in [1.29, 1.82) is 0 Å². The summed E-state index contributed by atoms with van der Waals surface area (Å²) in [5.41, 5.74) is 0. The summed E-state index contributed by atoms with van der Waals surface area (Å²) in [7, 11) is 0. The minimum Gasteiger partial charge on any atom is -0.481 e. The van der Waals surface area contributed by atoms with E-state index in [1.54, 1.807) is 0 Å². The monoisotopic (exact) mass is 270 g/mol. The molecule has 5 heteroatoms. The van der Waals surface area contributed by atoms with Gasteiger partial charge < -0.3 is 15.7 Å². The molecule has 0 aromatic heterocycles. The molecule has 0 bridgehead atoms. The Morgan fingerprint density at radius 1 is 1.37 bits per heavy atom. The Bertz CT molecular complexity index is 288. The highest BCUT2D eigenvalue weighted by Crippen LogP contribution is 2.14. The lowest BCUT2D eigenvalue weighted by Gasteiger charge is -2.11. The molecule has 1 fully saturated rings. The molecule has 0 spiro atoms. The molecule has 110 valence electrons. The second-order valence-corrected chi connectivity index (χ2v) is 5.57. The number of nitrogens with one attached hydrogen (secondary N) is 2. The SMILES string of the molecule is CC(CCNC(=O)CCC1CCNC1)CCC(=O)O. The van der Waals surface area contributed by atoms with Gasteiger partial charge in [0.2, 0.25) is 5.91 Å². The van der Waals surface area contributed by atoms with Gasteiger partial charge >= 0.3 is 5.97 Å². The Kier molecular flexibility index (Phi) is 7.48. The number of hydrogen-bond donors (Lipinski definition) is 3. The molecule has 2 atom stereocenters. The van der Waals surface area contributed by atoms with Gasteiger partial charge in [-0.05, 0) is 50.6 Å². The standard InChI is InChI=1S/C14H26N2O3/c1-11(2-5-14(18)19)6-9-16-13(17)4-3-12-7-8-15-10-12/h11-12,15H,2-10H2,1H3,(H,16,17)(H,18,19). The van der Waals surface area contributed by atoms with Gasteiger partial charge in [0.15, 0.2) is 0 Å². The summed E-state index contributed by atoms with van der Waals surface area (Å²) in [4.78, 5) is 22.0. The number of carbonyl (C=O) groups is 2. The largest absolute Gasteiger partial charge is 0.481 e. The van der Waals surface area contributed by atoms with E-state index in [0.29, 0.717) is 31.2 Å². The van der Waals surface area contributed by atoms with E-state index in [0.717, 1.165) is 25.9 Å². The zero-order chi connectivity index (χ0) is 14.1. The summed E-state index contributed by atoms with van der Waals surface area (Å²) in [6.07, 6.45) is 4.50. The van der Waals surface area contributed by atoms with Gasteiger partial charge in [0.05, 0.1) is 0 Å². The molecule has 0 aliphatic carbocycles. The number of rotatable bonds is 9. The quantitative estimate of drug-likeness (QED) is 0.591. The van der Waals surface area contributed by atoms with Gasteiger partial charge in [-0.15, -0.1) is 0 Å². The summed E-state index contributed by atoms with van der Waals surface area (Å²) in [6.45, 7) is 4.80. The van der Waals surface area contributed by atoms with Crippen LogP contribution in [0.5, 0.6) is 0 Å². The van der Waals surface area contributed by atoms with Crippen LogP contribution in [0.25, 0.3) is 0 Å². The normalized spacial score (nSPS) is 20.2. The van der Waals surface area contributed by atoms with Gasteiger partial charge in [-0.25, -0.2) is 0 Å². The van der Waals surface area contributed by atoms with E-state index in [2.05, 4.69) is 10.6 Å². The lowest BCUT2D eigenvalue weighted by molar-refractivity contribution is -0.137. The van der Waals surface area contributed by atoms with E-state index in [4.69, 9.17) is 5.11 Å². The Morgan fingerprint density at radius 3 is 2.79 bits per heavy atom. The van der Waals surface area contributed by atoms with E-state index in [1.165, 1.54) is 6.42 Å². The summed E-state index contributed by atoms with van der Waals surface area (Å²) < 4.78 is 0. The topological polar surface area (TPSA) is 78.4 Å². The summed E-state index contributed by atoms with van der Waals surface area (Å²) >= 11 is 0. The first-order chi connectivity index (χ1) is 9.08. The molecular formula is C14H26N2O3. The van der Waals surface area contributed by atoms with Crippen LogP contribution in [0.15, 0.2) is 0 Å². The molecule has 1 rings (SSSR count). The Labute approximate surface area is 115 Å². The van der Waals surface area contributed by atoms with Crippen LogP contribution >= 0.6 is 0 Å². The van der Waals surface area contributed by atoms with Crippen molar-refractivity contribution in [2.24, 2.45) is 11.8 Å². The highest BCUT2D eigenvalue weighted by atomic mass is 16.4. The van der Waals surface area contributed by atoms with E-state index >= 15 is 0 Å². The average Bonchev–Trinajstić information content (AvgIpc) is 2.87. The van der Waals surface area contributed by atoms with Crippen LogP contribution < -0.4 is 10.6 Å². The highest BCUT2D eigenvalue weighted by molar-refractivity contribution is 5.75. The predicted molar refractivity (Wildman–Crippen MR) is 73.9 cm³/mol. The number of carboxylic acid groups (broad SMARTS) is 1. The van der Waals surface area contributed by atoms with E-state index < -0.39 is 5.97 Å². The maximum atomic E-state index is 11.6. The van der Waals surface area contributed by atoms with Crippen LogP contribution in [0.3, 0.4) is 0 Å². The van der Waals surface area contributed by atoms with Crippen LogP contribution in [-0.4, -0.2) is 36.6 Å². The van der Waals surface area contributed by atoms with E-state index in [-0.39, 0.29) is 12.3 Å². The van der Waals surface area contributed by atoms with Crippen molar-refractivity contribution in [2.75, 3.05) is 19.6 Å². The van der Waals surface area contributed by atoms with Crippen molar-refractivity contribution in [2.45, 2.75) is 45.4 Å². The maximum absolute atomic E-state index is 11.6. The highest BCUT2D eigenvalue weighted by Gasteiger charge is 2.15.